The van der Waals surface area contributed by atoms with E-state index in [0.717, 1.165) is 17.2 Å². The lowest BCUT2D eigenvalue weighted by atomic mass is 9.91. The first-order valence-corrected chi connectivity index (χ1v) is 15.1. The Hall–Kier alpha value is -2.65. The molecule has 0 aliphatic rings. The molecule has 0 radical (unpaired) electrons. The van der Waals surface area contributed by atoms with Gasteiger partial charge in [-0.05, 0) is 25.0 Å². The molecule has 1 N–H and O–H groups in total. The Morgan fingerprint density at radius 2 is 1.62 bits per heavy atom. The number of hydrogen-bond acceptors (Lipinski definition) is 6. The molecule has 40 heavy (non-hydrogen) atoms. The third kappa shape index (κ3) is 10.4. The topological polar surface area (TPSA) is 117 Å². The van der Waals surface area contributed by atoms with Gasteiger partial charge in [-0.25, -0.2) is 0 Å². The summed E-state index contributed by atoms with van der Waals surface area (Å²) in [5, 5.41) is 14.6. The molecule has 0 saturated heterocycles. The van der Waals surface area contributed by atoms with Gasteiger partial charge in [-0.15, -0.1) is 16.3 Å². The number of halogens is 1. The SMILES string of the molecule is CCCCCCCCCCCCOCCCNC(=O)c1ccc(-n2oc(C(C)(C)C)c(CCl)c2=O)c([N+](=O)[O-])c1. The van der Waals surface area contributed by atoms with Crippen molar-refractivity contribution in [3.8, 4) is 5.69 Å². The molecule has 0 saturated carbocycles. The van der Waals surface area contributed by atoms with E-state index in [1.165, 1.54) is 69.9 Å². The summed E-state index contributed by atoms with van der Waals surface area (Å²) < 4.78 is 12.3. The van der Waals surface area contributed by atoms with Crippen LogP contribution in [0.2, 0.25) is 0 Å². The molecule has 0 atom stereocenters. The van der Waals surface area contributed by atoms with Crippen LogP contribution in [0.5, 0.6) is 0 Å². The van der Waals surface area contributed by atoms with Crippen molar-refractivity contribution in [2.75, 3.05) is 19.8 Å². The predicted octanol–water partition coefficient (Wildman–Crippen LogP) is 7.43. The number of rotatable bonds is 19. The molecule has 10 heteroatoms. The van der Waals surface area contributed by atoms with Crippen molar-refractivity contribution in [1.29, 1.82) is 0 Å². The second kappa shape index (κ2) is 17.2. The van der Waals surface area contributed by atoms with Gasteiger partial charge >= 0.3 is 0 Å². The molecule has 1 aromatic heterocycles. The maximum Gasteiger partial charge on any atom is 0.297 e. The van der Waals surface area contributed by atoms with Gasteiger partial charge in [-0.3, -0.25) is 19.7 Å². The number of nitrogens with one attached hydrogen (secondary N) is 1. The van der Waals surface area contributed by atoms with E-state index in [-0.39, 0.29) is 22.7 Å². The molecule has 0 spiro atoms. The zero-order valence-electron chi connectivity index (χ0n) is 24.6. The maximum atomic E-state index is 12.9. The summed E-state index contributed by atoms with van der Waals surface area (Å²) in [6, 6.07) is 3.93. The van der Waals surface area contributed by atoms with E-state index in [4.69, 9.17) is 20.9 Å². The second-order valence-electron chi connectivity index (χ2n) is 11.2. The number of benzene rings is 1. The maximum absolute atomic E-state index is 12.9. The number of carbonyl (C=O) groups excluding carboxylic acids is 1. The Labute approximate surface area is 242 Å². The molecule has 224 valence electrons. The fourth-order valence-electron chi connectivity index (χ4n) is 4.53. The molecule has 1 amide bonds. The Morgan fingerprint density at radius 1 is 1.02 bits per heavy atom. The molecule has 0 aliphatic carbocycles. The molecule has 0 bridgehead atoms. The molecule has 9 nitrogen and oxygen atoms in total. The molecule has 2 aromatic rings. The molecule has 0 unspecified atom stereocenters. The van der Waals surface area contributed by atoms with Gasteiger partial charge < -0.3 is 14.6 Å². The van der Waals surface area contributed by atoms with Gasteiger partial charge in [0.25, 0.3) is 17.2 Å². The van der Waals surface area contributed by atoms with Gasteiger partial charge in [0, 0.05) is 36.8 Å². The summed E-state index contributed by atoms with van der Waals surface area (Å²) in [4.78, 5) is 36.7. The number of alkyl halides is 1. The number of ether oxygens (including phenoxy) is 1. The number of amides is 1. The van der Waals surface area contributed by atoms with Crippen molar-refractivity contribution in [3.63, 3.8) is 0 Å². The highest BCUT2D eigenvalue weighted by molar-refractivity contribution is 6.17. The minimum Gasteiger partial charge on any atom is -0.381 e. The zero-order chi connectivity index (χ0) is 29.5. The number of carbonyl (C=O) groups is 1. The Kier molecular flexibility index (Phi) is 14.5. The van der Waals surface area contributed by atoms with Gasteiger partial charge in [0.1, 0.15) is 5.76 Å². The van der Waals surface area contributed by atoms with E-state index in [1.807, 2.05) is 20.8 Å². The first kappa shape index (κ1) is 33.6. The third-order valence-corrected chi connectivity index (χ3v) is 7.03. The molecule has 0 aliphatic heterocycles. The van der Waals surface area contributed by atoms with Crippen LogP contribution in [0.4, 0.5) is 5.69 Å². The molecule has 1 heterocycles. The summed E-state index contributed by atoms with van der Waals surface area (Å²) in [6.07, 6.45) is 13.4. The van der Waals surface area contributed by atoms with Crippen LogP contribution in [0.1, 0.15) is 120 Å². The standard InChI is InChI=1S/C30H46ClN3O6/c1-5-6-7-8-9-10-11-12-13-14-19-39-20-15-18-32-28(35)23-16-17-25(26(21-23)34(37)38)33-29(36)24(22-31)27(40-33)30(2,3)4/h16-17,21H,5-15,18-20,22H2,1-4H3,(H,32,35). The van der Waals surface area contributed by atoms with Gasteiger partial charge in [-0.2, -0.15) is 0 Å². The van der Waals surface area contributed by atoms with Crippen molar-refractivity contribution in [2.45, 2.75) is 110 Å². The van der Waals surface area contributed by atoms with Crippen LogP contribution >= 0.6 is 11.6 Å². The third-order valence-electron chi connectivity index (χ3n) is 6.76. The zero-order valence-corrected chi connectivity index (χ0v) is 25.3. The van der Waals surface area contributed by atoms with Crippen molar-refractivity contribution < 1.29 is 19.0 Å². The van der Waals surface area contributed by atoms with E-state index in [2.05, 4.69) is 12.2 Å². The summed E-state index contributed by atoms with van der Waals surface area (Å²) in [6.45, 7) is 9.45. The molecular weight excluding hydrogens is 534 g/mol. The highest BCUT2D eigenvalue weighted by Gasteiger charge is 2.30. The van der Waals surface area contributed by atoms with Crippen LogP contribution < -0.4 is 10.9 Å². The lowest BCUT2D eigenvalue weighted by Gasteiger charge is -2.15. The lowest BCUT2D eigenvalue weighted by Crippen LogP contribution is -2.25. The smallest absolute Gasteiger partial charge is 0.297 e. The number of nitro groups is 1. The minimum absolute atomic E-state index is 0.0613. The van der Waals surface area contributed by atoms with Gasteiger partial charge in [0.15, 0.2) is 5.69 Å². The van der Waals surface area contributed by atoms with Crippen molar-refractivity contribution in [3.05, 3.63) is 55.6 Å². The number of nitrogens with zero attached hydrogens (tertiary/aromatic N) is 2. The highest BCUT2D eigenvalue weighted by Crippen LogP contribution is 2.29. The molecule has 0 fully saturated rings. The normalized spacial score (nSPS) is 11.6. The van der Waals surface area contributed by atoms with E-state index >= 15 is 0 Å². The average Bonchev–Trinajstić information content (AvgIpc) is 3.26. The van der Waals surface area contributed by atoms with Crippen LogP contribution in [0.15, 0.2) is 27.5 Å². The first-order chi connectivity index (χ1) is 19.1. The quantitative estimate of drug-likeness (QED) is 0.0800. The summed E-state index contributed by atoms with van der Waals surface area (Å²) >= 11 is 5.98. The predicted molar refractivity (Wildman–Crippen MR) is 159 cm³/mol. The van der Waals surface area contributed by atoms with Crippen LogP contribution in [-0.2, 0) is 16.0 Å². The van der Waals surface area contributed by atoms with Crippen molar-refractivity contribution >= 4 is 23.2 Å². The van der Waals surface area contributed by atoms with Crippen molar-refractivity contribution in [2.24, 2.45) is 0 Å². The van der Waals surface area contributed by atoms with Crippen molar-refractivity contribution in [1.82, 2.24) is 10.1 Å². The monoisotopic (exact) mass is 579 g/mol. The Balaban J connectivity index is 1.79. The fraction of sp³-hybridized carbons (Fsp3) is 0.667. The van der Waals surface area contributed by atoms with E-state index in [9.17, 15) is 19.7 Å². The second-order valence-corrected chi connectivity index (χ2v) is 11.5. The number of nitro benzene ring substituents is 1. The molecule has 1 aromatic carbocycles. The number of hydrogen-bond donors (Lipinski definition) is 1. The minimum atomic E-state index is -0.639. The number of unbranched alkanes of at least 4 members (excludes halogenated alkanes) is 9. The van der Waals surface area contributed by atoms with E-state index in [1.54, 1.807) is 0 Å². The van der Waals surface area contributed by atoms with Gasteiger partial charge in [0.2, 0.25) is 0 Å². The average molecular weight is 580 g/mol. The van der Waals surface area contributed by atoms with E-state index < -0.39 is 27.5 Å². The van der Waals surface area contributed by atoms with Crippen LogP contribution in [0.3, 0.4) is 0 Å². The first-order valence-electron chi connectivity index (χ1n) is 14.6. The summed E-state index contributed by atoms with van der Waals surface area (Å²) in [5.74, 6) is -0.161. The summed E-state index contributed by atoms with van der Waals surface area (Å²) in [7, 11) is 0. The highest BCUT2D eigenvalue weighted by atomic mass is 35.5. The van der Waals surface area contributed by atoms with Crippen LogP contribution in [0.25, 0.3) is 5.69 Å². The fourth-order valence-corrected chi connectivity index (χ4v) is 4.76. The molecule has 2 rings (SSSR count). The van der Waals surface area contributed by atoms with Gasteiger partial charge in [-0.1, -0.05) is 85.5 Å². The largest absolute Gasteiger partial charge is 0.381 e. The Bertz CT molecular complexity index is 1140. The summed E-state index contributed by atoms with van der Waals surface area (Å²) in [5.41, 5.74) is -1.19. The molecular formula is C30H46ClN3O6. The van der Waals surface area contributed by atoms with Gasteiger partial charge in [0.05, 0.1) is 16.4 Å². The van der Waals surface area contributed by atoms with Crippen LogP contribution in [-0.4, -0.2) is 35.3 Å². The van der Waals surface area contributed by atoms with Crippen LogP contribution in [0, 0.1) is 10.1 Å². The lowest BCUT2D eigenvalue weighted by molar-refractivity contribution is -0.384. The Morgan fingerprint density at radius 3 is 2.17 bits per heavy atom. The number of aromatic nitrogens is 1. The van der Waals surface area contributed by atoms with E-state index in [0.29, 0.717) is 31.9 Å².